The number of aryl methyl sites for hydroxylation is 1. The van der Waals surface area contributed by atoms with Crippen LogP contribution in [0.15, 0.2) is 18.2 Å². The number of rotatable bonds is 6. The van der Waals surface area contributed by atoms with E-state index in [9.17, 15) is 5.11 Å². The summed E-state index contributed by atoms with van der Waals surface area (Å²) < 4.78 is 5.15. The summed E-state index contributed by atoms with van der Waals surface area (Å²) in [6.45, 7) is 4.10. The molecular formula is C14H24ClNO2. The zero-order valence-electron chi connectivity index (χ0n) is 11.3. The fourth-order valence-corrected chi connectivity index (χ4v) is 1.95. The van der Waals surface area contributed by atoms with Crippen LogP contribution in [0.2, 0.25) is 0 Å². The molecule has 0 amide bonds. The van der Waals surface area contributed by atoms with Gasteiger partial charge in [-0.25, -0.2) is 0 Å². The minimum atomic E-state index is -0.470. The Morgan fingerprint density at radius 3 is 2.56 bits per heavy atom. The molecule has 0 heterocycles. The van der Waals surface area contributed by atoms with Gasteiger partial charge in [-0.15, -0.1) is 12.4 Å². The molecule has 0 saturated carbocycles. The molecular weight excluding hydrogens is 250 g/mol. The Hall–Kier alpha value is -0.770. The number of benzene rings is 1. The normalized spacial score (nSPS) is 13.6. The maximum atomic E-state index is 10.00. The summed E-state index contributed by atoms with van der Waals surface area (Å²) in [7, 11) is 1.64. The van der Waals surface area contributed by atoms with E-state index in [4.69, 9.17) is 10.5 Å². The van der Waals surface area contributed by atoms with Gasteiger partial charge in [-0.3, -0.25) is 0 Å². The minimum absolute atomic E-state index is 0. The van der Waals surface area contributed by atoms with Crippen LogP contribution in [0.25, 0.3) is 0 Å². The molecule has 1 aromatic carbocycles. The van der Waals surface area contributed by atoms with E-state index >= 15 is 0 Å². The van der Waals surface area contributed by atoms with E-state index in [-0.39, 0.29) is 18.4 Å². The van der Waals surface area contributed by atoms with Gasteiger partial charge in [0.1, 0.15) is 5.75 Å². The van der Waals surface area contributed by atoms with Crippen LogP contribution in [0.1, 0.15) is 43.4 Å². The molecule has 0 aliphatic carbocycles. The molecule has 1 aromatic rings. The zero-order valence-corrected chi connectivity index (χ0v) is 12.2. The lowest BCUT2D eigenvalue weighted by molar-refractivity contribution is 0.132. The van der Waals surface area contributed by atoms with Crippen molar-refractivity contribution in [2.45, 2.75) is 45.3 Å². The molecule has 0 radical (unpaired) electrons. The summed E-state index contributed by atoms with van der Waals surface area (Å²) >= 11 is 0. The predicted molar refractivity (Wildman–Crippen MR) is 77.4 cm³/mol. The molecule has 2 atom stereocenters. The van der Waals surface area contributed by atoms with E-state index < -0.39 is 6.10 Å². The first-order chi connectivity index (χ1) is 8.10. The Morgan fingerprint density at radius 1 is 1.39 bits per heavy atom. The molecule has 0 aliphatic rings. The van der Waals surface area contributed by atoms with Gasteiger partial charge in [0.05, 0.1) is 19.3 Å². The number of aliphatic hydroxyl groups excluding tert-OH is 1. The van der Waals surface area contributed by atoms with Crippen LogP contribution in [-0.2, 0) is 0 Å². The van der Waals surface area contributed by atoms with E-state index in [1.807, 2.05) is 25.1 Å². The molecule has 4 heteroatoms. The van der Waals surface area contributed by atoms with Crippen molar-refractivity contribution in [2.24, 2.45) is 5.73 Å². The van der Waals surface area contributed by atoms with Crippen molar-refractivity contribution >= 4 is 12.4 Å². The molecule has 1 rings (SSSR count). The fraction of sp³-hybridized carbons (Fsp3) is 0.571. The van der Waals surface area contributed by atoms with Crippen LogP contribution in [0.5, 0.6) is 5.75 Å². The van der Waals surface area contributed by atoms with Gasteiger partial charge in [-0.1, -0.05) is 25.8 Å². The topological polar surface area (TPSA) is 55.5 Å². The van der Waals surface area contributed by atoms with E-state index in [0.29, 0.717) is 0 Å². The smallest absolute Gasteiger partial charge is 0.119 e. The van der Waals surface area contributed by atoms with Crippen LogP contribution in [0.4, 0.5) is 0 Å². The van der Waals surface area contributed by atoms with Gasteiger partial charge in [0.15, 0.2) is 0 Å². The first-order valence-electron chi connectivity index (χ1n) is 6.18. The van der Waals surface area contributed by atoms with Crippen LogP contribution >= 0.6 is 12.4 Å². The van der Waals surface area contributed by atoms with Gasteiger partial charge in [0, 0.05) is 0 Å². The van der Waals surface area contributed by atoms with Crippen LogP contribution in [-0.4, -0.2) is 18.3 Å². The Balaban J connectivity index is 0.00000289. The standard InChI is InChI=1S/C14H23NO2.ClH/c1-4-5-6-13(16)14(15)12-8-7-11(17-3)9-10(12)2;/h7-9,13-14,16H,4-6,15H2,1-3H3;1H/t13-,14+;/m1./s1. The number of methoxy groups -OCH3 is 1. The number of nitrogens with two attached hydrogens (primary N) is 1. The first-order valence-corrected chi connectivity index (χ1v) is 6.18. The predicted octanol–water partition coefficient (Wildman–Crippen LogP) is 2.98. The van der Waals surface area contributed by atoms with E-state index in [0.717, 1.165) is 36.1 Å². The SMILES string of the molecule is CCCC[C@@H](O)[C@@H](N)c1ccc(OC)cc1C.Cl. The summed E-state index contributed by atoms with van der Waals surface area (Å²) in [6.07, 6.45) is 2.36. The molecule has 0 spiro atoms. The van der Waals surface area contributed by atoms with Crippen molar-refractivity contribution in [2.75, 3.05) is 7.11 Å². The lowest BCUT2D eigenvalue weighted by Gasteiger charge is -2.21. The highest BCUT2D eigenvalue weighted by Crippen LogP contribution is 2.24. The lowest BCUT2D eigenvalue weighted by atomic mass is 9.95. The molecule has 18 heavy (non-hydrogen) atoms. The van der Waals surface area contributed by atoms with E-state index in [2.05, 4.69) is 6.92 Å². The first kappa shape index (κ1) is 17.2. The Morgan fingerprint density at radius 2 is 2.06 bits per heavy atom. The quantitative estimate of drug-likeness (QED) is 0.838. The Labute approximate surface area is 116 Å². The minimum Gasteiger partial charge on any atom is -0.497 e. The Kier molecular flexibility index (Phi) is 8.00. The van der Waals surface area contributed by atoms with E-state index in [1.165, 1.54) is 0 Å². The van der Waals surface area contributed by atoms with Crippen molar-refractivity contribution in [3.05, 3.63) is 29.3 Å². The third-order valence-electron chi connectivity index (χ3n) is 3.10. The number of hydrogen-bond acceptors (Lipinski definition) is 3. The van der Waals surface area contributed by atoms with Gasteiger partial charge in [0.2, 0.25) is 0 Å². The van der Waals surface area contributed by atoms with Crippen LogP contribution < -0.4 is 10.5 Å². The number of halogens is 1. The van der Waals surface area contributed by atoms with Gasteiger partial charge in [0.25, 0.3) is 0 Å². The maximum absolute atomic E-state index is 10.00. The highest BCUT2D eigenvalue weighted by atomic mass is 35.5. The molecule has 0 saturated heterocycles. The van der Waals surface area contributed by atoms with Gasteiger partial charge >= 0.3 is 0 Å². The van der Waals surface area contributed by atoms with Crippen molar-refractivity contribution in [1.29, 1.82) is 0 Å². The summed E-state index contributed by atoms with van der Waals surface area (Å²) in [6, 6.07) is 5.46. The number of unbranched alkanes of at least 4 members (excludes halogenated alkanes) is 1. The number of hydrogen-bond donors (Lipinski definition) is 2. The fourth-order valence-electron chi connectivity index (χ4n) is 1.95. The summed E-state index contributed by atoms with van der Waals surface area (Å²) in [5, 5.41) is 10.00. The summed E-state index contributed by atoms with van der Waals surface area (Å²) in [5.41, 5.74) is 8.14. The van der Waals surface area contributed by atoms with Gasteiger partial charge in [-0.2, -0.15) is 0 Å². The number of aliphatic hydroxyl groups is 1. The molecule has 3 nitrogen and oxygen atoms in total. The van der Waals surface area contributed by atoms with Crippen LogP contribution in [0, 0.1) is 6.92 Å². The highest BCUT2D eigenvalue weighted by molar-refractivity contribution is 5.85. The maximum Gasteiger partial charge on any atom is 0.119 e. The average Bonchev–Trinajstić information content (AvgIpc) is 2.34. The Bertz CT molecular complexity index is 358. The third-order valence-corrected chi connectivity index (χ3v) is 3.10. The largest absolute Gasteiger partial charge is 0.497 e. The summed E-state index contributed by atoms with van der Waals surface area (Å²) in [4.78, 5) is 0. The van der Waals surface area contributed by atoms with Crippen molar-refractivity contribution < 1.29 is 9.84 Å². The van der Waals surface area contributed by atoms with Crippen molar-refractivity contribution in [3.8, 4) is 5.75 Å². The third kappa shape index (κ3) is 4.48. The van der Waals surface area contributed by atoms with Gasteiger partial charge < -0.3 is 15.6 Å². The molecule has 0 bridgehead atoms. The average molecular weight is 274 g/mol. The van der Waals surface area contributed by atoms with Crippen LogP contribution in [0.3, 0.4) is 0 Å². The second-order valence-corrected chi connectivity index (χ2v) is 4.46. The second-order valence-electron chi connectivity index (χ2n) is 4.46. The molecule has 104 valence electrons. The molecule has 0 aliphatic heterocycles. The molecule has 0 fully saturated rings. The molecule has 3 N–H and O–H groups in total. The highest BCUT2D eigenvalue weighted by Gasteiger charge is 2.18. The monoisotopic (exact) mass is 273 g/mol. The number of ether oxygens (including phenoxy) is 1. The van der Waals surface area contributed by atoms with E-state index in [1.54, 1.807) is 7.11 Å². The zero-order chi connectivity index (χ0) is 12.8. The van der Waals surface area contributed by atoms with Crippen molar-refractivity contribution in [3.63, 3.8) is 0 Å². The second kappa shape index (κ2) is 8.35. The molecule has 0 aromatic heterocycles. The van der Waals surface area contributed by atoms with Gasteiger partial charge in [-0.05, 0) is 36.6 Å². The summed E-state index contributed by atoms with van der Waals surface area (Å²) in [5.74, 6) is 0.821. The molecule has 0 unspecified atom stereocenters. The lowest BCUT2D eigenvalue weighted by Crippen LogP contribution is -2.26. The van der Waals surface area contributed by atoms with Crippen molar-refractivity contribution in [1.82, 2.24) is 0 Å².